The fraction of sp³-hybridized carbons (Fsp3) is 0.543. The molecule has 0 radical (unpaired) electrons. The number of halogens is 1. The molecule has 256 valence electrons. The first kappa shape index (κ1) is 36.7. The lowest BCUT2D eigenvalue weighted by Crippen LogP contribution is -2.29. The summed E-state index contributed by atoms with van der Waals surface area (Å²) in [6.07, 6.45) is 12.3. The normalized spacial score (nSPS) is 15.9. The van der Waals surface area contributed by atoms with Crippen LogP contribution in [0.2, 0.25) is 0 Å². The monoisotopic (exact) mass is 701 g/mol. The van der Waals surface area contributed by atoms with Crippen molar-refractivity contribution in [1.29, 1.82) is 0 Å². The van der Waals surface area contributed by atoms with Crippen molar-refractivity contribution < 1.29 is 19.1 Å². The summed E-state index contributed by atoms with van der Waals surface area (Å²) in [5.41, 5.74) is 5.63. The Morgan fingerprint density at radius 3 is 1.85 bits per heavy atom. The number of nitrogens with zero attached hydrogens (tertiary/aromatic N) is 5. The van der Waals surface area contributed by atoms with E-state index in [0.717, 1.165) is 65.5 Å². The number of anilines is 2. The molecule has 2 fully saturated rings. The van der Waals surface area contributed by atoms with Gasteiger partial charge in [-0.2, -0.15) is 0 Å². The highest BCUT2D eigenvalue weighted by Gasteiger charge is 2.18. The van der Waals surface area contributed by atoms with E-state index in [4.69, 9.17) is 26.1 Å². The number of aryl methyl sites for hydroxylation is 1. The van der Waals surface area contributed by atoms with Crippen molar-refractivity contribution in [1.82, 2.24) is 14.5 Å². The molecule has 0 N–H and O–H groups in total. The fourth-order valence-corrected chi connectivity index (χ4v) is 7.51. The number of alkyl halides is 1. The molecule has 3 aliphatic rings. The summed E-state index contributed by atoms with van der Waals surface area (Å²) in [4.78, 5) is 37.1. The minimum absolute atomic E-state index is 0.180. The molecule has 0 atom stereocenters. The third-order valence-electron chi connectivity index (χ3n) is 8.05. The molecule has 0 amide bonds. The lowest BCUT2D eigenvalue weighted by molar-refractivity contribution is -0.138. The van der Waals surface area contributed by atoms with Gasteiger partial charge in [-0.15, -0.1) is 34.3 Å². The van der Waals surface area contributed by atoms with Gasteiger partial charge in [-0.25, -0.2) is 19.6 Å². The van der Waals surface area contributed by atoms with Crippen molar-refractivity contribution in [3.63, 3.8) is 0 Å². The van der Waals surface area contributed by atoms with Gasteiger partial charge in [-0.1, -0.05) is 17.7 Å². The SMILES string of the molecule is CCOC(=O)C1=CC=C(C)C1.CCOC(=O)c1ccc(C)n1Cc1csc(N2CCCCC2)n1.ClCc1csc(N2CCCCC2)n1. The van der Waals surface area contributed by atoms with Gasteiger partial charge in [0.25, 0.3) is 0 Å². The van der Waals surface area contributed by atoms with E-state index in [2.05, 4.69) is 25.5 Å². The van der Waals surface area contributed by atoms with Crippen LogP contribution in [0.3, 0.4) is 0 Å². The molecule has 0 spiro atoms. The zero-order valence-corrected chi connectivity index (χ0v) is 30.5. The number of piperidine rings is 2. The summed E-state index contributed by atoms with van der Waals surface area (Å²) in [5.74, 6) is 0.0809. The lowest BCUT2D eigenvalue weighted by Gasteiger charge is -2.25. The van der Waals surface area contributed by atoms with E-state index in [1.54, 1.807) is 22.7 Å². The quantitative estimate of drug-likeness (QED) is 0.163. The predicted octanol–water partition coefficient (Wildman–Crippen LogP) is 8.17. The molecule has 3 aromatic heterocycles. The molecular weight excluding hydrogens is 654 g/mol. The van der Waals surface area contributed by atoms with Crippen LogP contribution < -0.4 is 9.80 Å². The fourth-order valence-electron chi connectivity index (χ4n) is 5.54. The first-order valence-electron chi connectivity index (χ1n) is 16.6. The van der Waals surface area contributed by atoms with Crippen LogP contribution in [0.15, 0.2) is 46.2 Å². The number of carbonyl (C=O) groups excluding carboxylic acids is 2. The topological polar surface area (TPSA) is 89.8 Å². The van der Waals surface area contributed by atoms with Crippen molar-refractivity contribution >= 4 is 56.5 Å². The van der Waals surface area contributed by atoms with E-state index < -0.39 is 0 Å². The Bertz CT molecular complexity index is 1500. The van der Waals surface area contributed by atoms with Crippen molar-refractivity contribution in [3.05, 3.63) is 69.0 Å². The Kier molecular flexibility index (Phi) is 14.8. The standard InChI is InChI=1S/C17H23N3O2S.C9H13ClN2S.C9H12O2/c1-3-22-16(21)15-8-7-13(2)20(15)11-14-12-23-17(18-14)19-9-5-4-6-10-19;10-6-8-7-13-9(11-8)12-4-2-1-3-5-12;1-3-11-9(10)8-5-4-7(2)6-8/h7-8,12H,3-6,9-11H2,1-2H3;7H,1-6H2;4-5H,3,6H2,1-2H3. The minimum Gasteiger partial charge on any atom is -0.463 e. The van der Waals surface area contributed by atoms with E-state index in [9.17, 15) is 9.59 Å². The second kappa shape index (κ2) is 19.0. The summed E-state index contributed by atoms with van der Waals surface area (Å²) in [7, 11) is 0. The number of esters is 2. The molecule has 2 aliphatic heterocycles. The van der Waals surface area contributed by atoms with Crippen LogP contribution >= 0.6 is 34.3 Å². The van der Waals surface area contributed by atoms with Crippen molar-refractivity contribution in [2.24, 2.45) is 0 Å². The first-order chi connectivity index (χ1) is 22.8. The molecule has 12 heteroatoms. The van der Waals surface area contributed by atoms with Crippen LogP contribution in [0, 0.1) is 6.92 Å². The maximum atomic E-state index is 12.1. The van der Waals surface area contributed by atoms with Crippen LogP contribution in [0.4, 0.5) is 10.3 Å². The summed E-state index contributed by atoms with van der Waals surface area (Å²) in [6, 6.07) is 3.77. The van der Waals surface area contributed by atoms with Gasteiger partial charge in [-0.3, -0.25) is 0 Å². The van der Waals surface area contributed by atoms with Crippen LogP contribution in [-0.4, -0.2) is 65.9 Å². The van der Waals surface area contributed by atoms with Gasteiger partial charge >= 0.3 is 11.9 Å². The number of carbonyl (C=O) groups is 2. The molecular formula is C35H48ClN5O4S2. The van der Waals surface area contributed by atoms with E-state index in [-0.39, 0.29) is 11.9 Å². The van der Waals surface area contributed by atoms with E-state index >= 15 is 0 Å². The van der Waals surface area contributed by atoms with Crippen molar-refractivity contribution in [2.75, 3.05) is 49.2 Å². The zero-order chi connectivity index (χ0) is 33.6. The lowest BCUT2D eigenvalue weighted by atomic mass is 10.1. The minimum atomic E-state index is -0.271. The average molecular weight is 702 g/mol. The highest BCUT2D eigenvalue weighted by atomic mass is 35.5. The molecule has 9 nitrogen and oxygen atoms in total. The molecule has 0 bridgehead atoms. The second-order valence-corrected chi connectivity index (χ2v) is 13.7. The maximum absolute atomic E-state index is 12.1. The van der Waals surface area contributed by atoms with E-state index in [0.29, 0.717) is 31.3 Å². The van der Waals surface area contributed by atoms with Crippen LogP contribution in [0.1, 0.15) is 93.3 Å². The molecule has 0 aromatic carbocycles. The molecule has 47 heavy (non-hydrogen) atoms. The number of aromatic nitrogens is 3. The Morgan fingerprint density at radius 2 is 1.34 bits per heavy atom. The molecule has 2 saturated heterocycles. The van der Waals surface area contributed by atoms with Gasteiger partial charge in [0.1, 0.15) is 5.69 Å². The van der Waals surface area contributed by atoms with Crippen LogP contribution in [0.5, 0.6) is 0 Å². The summed E-state index contributed by atoms with van der Waals surface area (Å²) < 4.78 is 11.9. The Hall–Kier alpha value is -3.15. The van der Waals surface area contributed by atoms with E-state index in [1.165, 1.54) is 44.1 Å². The van der Waals surface area contributed by atoms with Gasteiger partial charge in [0.2, 0.25) is 0 Å². The van der Waals surface area contributed by atoms with Crippen LogP contribution in [0.25, 0.3) is 0 Å². The first-order valence-corrected chi connectivity index (χ1v) is 18.9. The third kappa shape index (κ3) is 10.9. The number of rotatable bonds is 9. The summed E-state index contributed by atoms with van der Waals surface area (Å²) >= 11 is 9.11. The maximum Gasteiger partial charge on any atom is 0.354 e. The van der Waals surface area contributed by atoms with Gasteiger partial charge in [0.15, 0.2) is 10.3 Å². The largest absolute Gasteiger partial charge is 0.463 e. The highest BCUT2D eigenvalue weighted by Crippen LogP contribution is 2.26. The number of allylic oxidation sites excluding steroid dienone is 3. The molecule has 5 heterocycles. The Morgan fingerprint density at radius 1 is 0.787 bits per heavy atom. The number of hydrogen-bond donors (Lipinski definition) is 0. The zero-order valence-electron chi connectivity index (χ0n) is 28.1. The summed E-state index contributed by atoms with van der Waals surface area (Å²) in [5, 5.41) is 6.40. The van der Waals surface area contributed by atoms with Gasteiger partial charge in [0, 0.05) is 54.6 Å². The molecule has 1 aliphatic carbocycles. The molecule has 6 rings (SSSR count). The van der Waals surface area contributed by atoms with Gasteiger partial charge in [-0.05, 0) is 78.4 Å². The van der Waals surface area contributed by atoms with Crippen molar-refractivity contribution in [2.45, 2.75) is 85.1 Å². The van der Waals surface area contributed by atoms with Gasteiger partial charge < -0.3 is 23.8 Å². The third-order valence-corrected chi connectivity index (χ3v) is 10.2. The highest BCUT2D eigenvalue weighted by molar-refractivity contribution is 7.14. The summed E-state index contributed by atoms with van der Waals surface area (Å²) in [6.45, 7) is 13.6. The smallest absolute Gasteiger partial charge is 0.354 e. The number of thiazole rings is 2. The molecule has 3 aromatic rings. The number of hydrogen-bond acceptors (Lipinski definition) is 10. The van der Waals surface area contributed by atoms with Crippen molar-refractivity contribution in [3.8, 4) is 0 Å². The molecule has 0 unspecified atom stereocenters. The van der Waals surface area contributed by atoms with Gasteiger partial charge in [0.05, 0.1) is 37.0 Å². The molecule has 0 saturated carbocycles. The Balaban J connectivity index is 0.000000176. The van der Waals surface area contributed by atoms with E-state index in [1.807, 2.05) is 56.5 Å². The predicted molar refractivity (Wildman–Crippen MR) is 193 cm³/mol. The van der Waals surface area contributed by atoms with Crippen LogP contribution in [-0.2, 0) is 26.7 Å². The second-order valence-electron chi connectivity index (χ2n) is 11.7. The number of ether oxygens (including phenoxy) is 2. The Labute approximate surface area is 292 Å². The average Bonchev–Trinajstić information content (AvgIpc) is 3.92.